The van der Waals surface area contributed by atoms with Gasteiger partial charge in [-0.15, -0.1) is 0 Å². The van der Waals surface area contributed by atoms with E-state index >= 15 is 0 Å². The van der Waals surface area contributed by atoms with Crippen molar-refractivity contribution in [3.8, 4) is 0 Å². The molecular weight excluding hydrogens is 193 g/mol. The summed E-state index contributed by atoms with van der Waals surface area (Å²) in [5, 5.41) is 8.80. The summed E-state index contributed by atoms with van der Waals surface area (Å²) in [5.74, 6) is 0. The summed E-state index contributed by atoms with van der Waals surface area (Å²) in [4.78, 5) is 0. The summed E-state index contributed by atoms with van der Waals surface area (Å²) < 4.78 is 5.78. The fraction of sp³-hybridized carbons (Fsp3) is 1.00. The maximum absolute atomic E-state index is 8.80. The predicted octanol–water partition coefficient (Wildman–Crippen LogP) is -0.576. The molecule has 0 unspecified atom stereocenters. The smallest absolute Gasteiger partial charge is 1.00 e. The molecule has 0 aliphatic rings. The van der Waals surface area contributed by atoms with E-state index in [9.17, 15) is 0 Å². The van der Waals surface area contributed by atoms with E-state index in [1.807, 2.05) is 13.1 Å². The van der Waals surface area contributed by atoms with E-state index in [1.165, 1.54) is 0 Å². The minimum Gasteiger partial charge on any atom is -1.00 e. The van der Waals surface area contributed by atoms with Crippen molar-refractivity contribution in [2.75, 3.05) is 7.05 Å². The molecule has 0 aromatic heterocycles. The molecule has 0 saturated heterocycles. The normalized spacial score (nSPS) is 12.2. The molecule has 0 bridgehead atoms. The Morgan fingerprint density at radius 2 is 1.50 bits per heavy atom. The molecule has 0 heterocycles. The van der Waals surface area contributed by atoms with Crippen molar-refractivity contribution in [1.82, 2.24) is 4.23 Å². The molecule has 0 spiro atoms. The summed E-state index contributed by atoms with van der Waals surface area (Å²) in [7, 11) is -1.05. The van der Waals surface area contributed by atoms with Gasteiger partial charge in [-0.3, -0.25) is 4.23 Å². The predicted molar refractivity (Wildman–Crippen MR) is 54.8 cm³/mol. The average Bonchev–Trinajstić information content (AvgIpc) is 1.84. The third-order valence-electron chi connectivity index (χ3n) is 2.07. The molecule has 0 atom stereocenters. The van der Waals surface area contributed by atoms with Crippen molar-refractivity contribution in [1.29, 1.82) is 5.39 Å². The van der Waals surface area contributed by atoms with Crippen LogP contribution < -0.4 is 29.6 Å². The van der Waals surface area contributed by atoms with Crippen molar-refractivity contribution < 1.29 is 31.0 Å². The molecule has 0 fully saturated rings. The Labute approximate surface area is 101 Å². The van der Waals surface area contributed by atoms with E-state index in [0.29, 0.717) is 0 Å². The second-order valence-corrected chi connectivity index (χ2v) is 13.6. The SMILES string of the molecule is CN([Si](C)(C)C)[Si](C)(C)[N+]#N.[H-].[Na+]. The molecule has 3 nitrogen and oxygen atoms in total. The summed E-state index contributed by atoms with van der Waals surface area (Å²) in [5.41, 5.74) is 0. The summed E-state index contributed by atoms with van der Waals surface area (Å²) in [6.45, 7) is 10.9. The standard InChI is InChI=1S/C6H18N3Si2.Na.H/c1-9(10(2,3)4)11(5,6)8-7;;/h1-6H3;;/q2*+1;-1. The number of rotatable bonds is 2. The van der Waals surface area contributed by atoms with Crippen molar-refractivity contribution in [3.63, 3.8) is 0 Å². The zero-order valence-electron chi connectivity index (χ0n) is 10.3. The monoisotopic (exact) mass is 212 g/mol. The van der Waals surface area contributed by atoms with E-state index in [-0.39, 0.29) is 31.0 Å². The van der Waals surface area contributed by atoms with Crippen LogP contribution in [0.2, 0.25) is 32.7 Å². The van der Waals surface area contributed by atoms with Crippen LogP contribution in [-0.4, -0.2) is 27.9 Å². The van der Waals surface area contributed by atoms with Crippen molar-refractivity contribution in [2.24, 2.45) is 0 Å². The molecule has 0 radical (unpaired) electrons. The third kappa shape index (κ3) is 4.16. The Morgan fingerprint density at radius 3 is 1.58 bits per heavy atom. The maximum Gasteiger partial charge on any atom is 1.00 e. The zero-order chi connectivity index (χ0) is 9.28. The zero-order valence-corrected chi connectivity index (χ0v) is 13.3. The van der Waals surface area contributed by atoms with Gasteiger partial charge in [0.2, 0.25) is 0 Å². The van der Waals surface area contributed by atoms with E-state index < -0.39 is 16.6 Å². The van der Waals surface area contributed by atoms with Gasteiger partial charge in [0.05, 0.1) is 0 Å². The van der Waals surface area contributed by atoms with Crippen LogP contribution in [0, 0.1) is 5.39 Å². The Balaban J connectivity index is -0.000000500. The fourth-order valence-electron chi connectivity index (χ4n) is 0.888. The van der Waals surface area contributed by atoms with Gasteiger partial charge < -0.3 is 1.43 Å². The van der Waals surface area contributed by atoms with E-state index in [2.05, 4.69) is 35.6 Å². The van der Waals surface area contributed by atoms with Gasteiger partial charge in [-0.25, -0.2) is 0 Å². The largest absolute Gasteiger partial charge is 1.00 e. The van der Waals surface area contributed by atoms with Crippen LogP contribution in [-0.2, 0) is 0 Å². The molecule has 0 aliphatic carbocycles. The number of hydrogen-bond donors (Lipinski definition) is 0. The number of nitrogens with zero attached hydrogens (tertiary/aromatic N) is 3. The minimum atomic E-state index is -1.84. The molecule has 0 N–H and O–H groups in total. The van der Waals surface area contributed by atoms with Gasteiger partial charge >= 0.3 is 38.0 Å². The maximum atomic E-state index is 8.80. The van der Waals surface area contributed by atoms with Crippen molar-refractivity contribution in [2.45, 2.75) is 32.7 Å². The molecule has 66 valence electrons. The molecule has 0 amide bonds. The van der Waals surface area contributed by atoms with Gasteiger partial charge in [-0.1, -0.05) is 19.6 Å². The van der Waals surface area contributed by atoms with Gasteiger partial charge in [-0.2, -0.15) is 0 Å². The topological polar surface area (TPSA) is 31.4 Å². The van der Waals surface area contributed by atoms with E-state index in [0.717, 1.165) is 0 Å². The van der Waals surface area contributed by atoms with Gasteiger partial charge in [-0.05, 0) is 7.05 Å². The Hall–Kier alpha value is 0.814. The molecule has 0 aromatic rings. The van der Waals surface area contributed by atoms with Crippen molar-refractivity contribution in [3.05, 3.63) is 4.64 Å². The van der Waals surface area contributed by atoms with Gasteiger partial charge in [0, 0.05) is 17.7 Å². The average molecular weight is 212 g/mol. The van der Waals surface area contributed by atoms with Crippen LogP contribution in [0.1, 0.15) is 1.43 Å². The molecule has 0 saturated carbocycles. The Morgan fingerprint density at radius 1 is 1.17 bits per heavy atom. The molecule has 6 heteroatoms. The number of hydrogen-bond acceptors (Lipinski definition) is 2. The third-order valence-corrected chi connectivity index (χ3v) is 9.87. The Kier molecular flexibility index (Phi) is 6.23. The molecule has 0 rings (SSSR count). The summed E-state index contributed by atoms with van der Waals surface area (Å²) in [6, 6.07) is 0. The minimum absolute atomic E-state index is 0. The Bertz CT molecular complexity index is 187. The van der Waals surface area contributed by atoms with Crippen LogP contribution in [0.25, 0.3) is 4.64 Å². The first-order valence-electron chi connectivity index (χ1n) is 3.82. The molecule has 0 aliphatic heterocycles. The summed E-state index contributed by atoms with van der Waals surface area (Å²) >= 11 is 0. The number of diazo groups is 1. The fourth-order valence-corrected chi connectivity index (χ4v) is 7.72. The van der Waals surface area contributed by atoms with Crippen molar-refractivity contribution >= 4 is 16.6 Å². The van der Waals surface area contributed by atoms with Crippen LogP contribution in [0.15, 0.2) is 0 Å². The summed E-state index contributed by atoms with van der Waals surface area (Å²) in [6.07, 6.45) is 0. The first kappa shape index (κ1) is 15.3. The van der Waals surface area contributed by atoms with Gasteiger partial charge in [0.25, 0.3) is 0 Å². The molecule has 0 aromatic carbocycles. The van der Waals surface area contributed by atoms with Gasteiger partial charge in [0.15, 0.2) is 5.39 Å². The second-order valence-electron chi connectivity index (χ2n) is 4.32. The quantitative estimate of drug-likeness (QED) is 0.453. The first-order chi connectivity index (χ1) is 4.72. The van der Waals surface area contributed by atoms with Crippen LogP contribution >= 0.6 is 0 Å². The second kappa shape index (κ2) is 4.89. The van der Waals surface area contributed by atoms with Crippen LogP contribution in [0.3, 0.4) is 0 Å². The van der Waals surface area contributed by atoms with Crippen LogP contribution in [0.5, 0.6) is 0 Å². The van der Waals surface area contributed by atoms with E-state index in [1.54, 1.807) is 0 Å². The molecular formula is C6H19N3NaSi2+. The van der Waals surface area contributed by atoms with Crippen LogP contribution in [0.4, 0.5) is 0 Å². The first-order valence-corrected chi connectivity index (χ1v) is 10.2. The molecule has 12 heavy (non-hydrogen) atoms. The van der Waals surface area contributed by atoms with E-state index in [4.69, 9.17) is 5.39 Å². The van der Waals surface area contributed by atoms with Gasteiger partial charge in [0.1, 0.15) is 8.24 Å².